The quantitative estimate of drug-likeness (QED) is 0.721. The van der Waals surface area contributed by atoms with E-state index in [0.717, 1.165) is 16.4 Å². The lowest BCUT2D eigenvalue weighted by Gasteiger charge is -2.06. The molecular weight excluding hydrogens is 276 g/mol. The van der Waals surface area contributed by atoms with Crippen LogP contribution in [-0.2, 0) is 0 Å². The first-order valence-electron chi connectivity index (χ1n) is 6.40. The monoisotopic (exact) mass is 284 g/mol. The van der Waals surface area contributed by atoms with Crippen molar-refractivity contribution in [2.45, 2.75) is 0 Å². The van der Waals surface area contributed by atoms with E-state index in [9.17, 15) is 0 Å². The first kappa shape index (κ1) is 13.2. The van der Waals surface area contributed by atoms with E-state index in [1.54, 1.807) is 24.3 Å². The first-order chi connectivity index (χ1) is 10.8. The Bertz CT molecular complexity index is 1020. The number of hydrogen-bond donors (Lipinski definition) is 1. The molecule has 1 N–H and O–H groups in total. The van der Waals surface area contributed by atoms with E-state index in [2.05, 4.69) is 5.32 Å². The molecule has 1 heterocycles. The highest BCUT2D eigenvalue weighted by Gasteiger charge is 2.13. The second kappa shape index (κ2) is 5.32. The molecule has 0 bridgehead atoms. The van der Waals surface area contributed by atoms with Gasteiger partial charge in [0.25, 0.3) is 0 Å². The number of nitriles is 3. The van der Waals surface area contributed by atoms with Gasteiger partial charge in [-0.3, -0.25) is 0 Å². The SMILES string of the molecule is N#CC(C#N)=C(C#N)Nc1cccc2oc3ccccc3c12. The van der Waals surface area contributed by atoms with Crippen LogP contribution in [0, 0.1) is 34.0 Å². The summed E-state index contributed by atoms with van der Waals surface area (Å²) >= 11 is 0. The molecular formula is C17H8N4O. The lowest BCUT2D eigenvalue weighted by atomic mass is 10.1. The minimum atomic E-state index is -0.257. The molecule has 3 aromatic rings. The minimum absolute atomic E-state index is 0.0808. The fourth-order valence-corrected chi connectivity index (χ4v) is 2.30. The van der Waals surface area contributed by atoms with Crippen molar-refractivity contribution in [1.82, 2.24) is 0 Å². The number of hydrogen-bond acceptors (Lipinski definition) is 5. The summed E-state index contributed by atoms with van der Waals surface area (Å²) < 4.78 is 5.75. The largest absolute Gasteiger partial charge is 0.456 e. The van der Waals surface area contributed by atoms with Gasteiger partial charge in [-0.25, -0.2) is 0 Å². The summed E-state index contributed by atoms with van der Waals surface area (Å²) in [6.07, 6.45) is 0. The van der Waals surface area contributed by atoms with E-state index in [0.29, 0.717) is 11.3 Å². The summed E-state index contributed by atoms with van der Waals surface area (Å²) in [7, 11) is 0. The molecule has 5 nitrogen and oxygen atoms in total. The maximum atomic E-state index is 9.16. The Hall–Kier alpha value is -3.75. The molecule has 0 aliphatic carbocycles. The molecule has 0 spiro atoms. The van der Waals surface area contributed by atoms with Gasteiger partial charge in [0, 0.05) is 5.39 Å². The number of benzene rings is 2. The Balaban J connectivity index is 2.25. The van der Waals surface area contributed by atoms with Gasteiger partial charge in [-0.15, -0.1) is 0 Å². The highest BCUT2D eigenvalue weighted by molar-refractivity contribution is 6.11. The molecule has 102 valence electrons. The third-order valence-electron chi connectivity index (χ3n) is 3.25. The van der Waals surface area contributed by atoms with Crippen LogP contribution in [0.4, 0.5) is 5.69 Å². The fourth-order valence-electron chi connectivity index (χ4n) is 2.30. The standard InChI is InChI=1S/C17H8N4O/c18-8-11(9-19)14(10-20)21-13-5-3-7-16-17(13)12-4-1-2-6-15(12)22-16/h1-7,21H. The second-order valence-electron chi connectivity index (χ2n) is 4.49. The van der Waals surface area contributed by atoms with Crippen LogP contribution in [-0.4, -0.2) is 0 Å². The third-order valence-corrected chi connectivity index (χ3v) is 3.25. The van der Waals surface area contributed by atoms with Crippen LogP contribution in [0.25, 0.3) is 21.9 Å². The molecule has 2 aromatic carbocycles. The van der Waals surface area contributed by atoms with Crippen LogP contribution < -0.4 is 5.32 Å². The van der Waals surface area contributed by atoms with E-state index in [1.807, 2.05) is 36.4 Å². The summed E-state index contributed by atoms with van der Waals surface area (Å²) in [4.78, 5) is 0. The molecule has 0 amide bonds. The van der Waals surface area contributed by atoms with E-state index >= 15 is 0 Å². The smallest absolute Gasteiger partial charge is 0.163 e. The number of para-hydroxylation sites is 1. The van der Waals surface area contributed by atoms with Gasteiger partial charge in [0.1, 0.15) is 35.1 Å². The van der Waals surface area contributed by atoms with E-state index in [-0.39, 0.29) is 11.3 Å². The van der Waals surface area contributed by atoms with Crippen LogP contribution in [0.5, 0.6) is 0 Å². The molecule has 22 heavy (non-hydrogen) atoms. The highest BCUT2D eigenvalue weighted by Crippen LogP contribution is 2.34. The average Bonchev–Trinajstić information content (AvgIpc) is 2.94. The number of nitrogens with zero attached hydrogens (tertiary/aromatic N) is 3. The van der Waals surface area contributed by atoms with Gasteiger partial charge in [-0.1, -0.05) is 24.3 Å². The number of anilines is 1. The Morgan fingerprint density at radius 2 is 1.59 bits per heavy atom. The van der Waals surface area contributed by atoms with Crippen molar-refractivity contribution in [1.29, 1.82) is 15.8 Å². The Morgan fingerprint density at radius 1 is 0.864 bits per heavy atom. The zero-order chi connectivity index (χ0) is 15.5. The maximum Gasteiger partial charge on any atom is 0.163 e. The normalized spacial score (nSPS) is 9.68. The number of rotatable bonds is 2. The molecule has 0 saturated carbocycles. The lowest BCUT2D eigenvalue weighted by molar-refractivity contribution is 0.669. The van der Waals surface area contributed by atoms with E-state index < -0.39 is 0 Å². The van der Waals surface area contributed by atoms with Crippen LogP contribution in [0.1, 0.15) is 0 Å². The van der Waals surface area contributed by atoms with Crippen molar-refractivity contribution in [3.05, 3.63) is 53.7 Å². The summed E-state index contributed by atoms with van der Waals surface area (Å²) in [6.45, 7) is 0. The van der Waals surface area contributed by atoms with Crippen molar-refractivity contribution in [2.75, 3.05) is 5.32 Å². The molecule has 0 unspecified atom stereocenters. The first-order valence-corrected chi connectivity index (χ1v) is 6.40. The van der Waals surface area contributed by atoms with Gasteiger partial charge in [-0.05, 0) is 18.2 Å². The van der Waals surface area contributed by atoms with Crippen LogP contribution in [0.3, 0.4) is 0 Å². The van der Waals surface area contributed by atoms with Crippen molar-refractivity contribution >= 4 is 27.6 Å². The molecule has 0 atom stereocenters. The van der Waals surface area contributed by atoms with Gasteiger partial charge in [0.05, 0.1) is 11.1 Å². The van der Waals surface area contributed by atoms with Gasteiger partial charge < -0.3 is 9.73 Å². The van der Waals surface area contributed by atoms with Gasteiger partial charge in [0.15, 0.2) is 5.57 Å². The lowest BCUT2D eigenvalue weighted by Crippen LogP contribution is -2.00. The molecule has 5 heteroatoms. The van der Waals surface area contributed by atoms with Crippen molar-refractivity contribution in [3.8, 4) is 18.2 Å². The zero-order valence-corrected chi connectivity index (χ0v) is 11.3. The summed E-state index contributed by atoms with van der Waals surface area (Å²) in [5.41, 5.74) is 1.67. The Labute approximate surface area is 125 Å². The predicted octanol–water partition coefficient (Wildman–Crippen LogP) is 3.82. The van der Waals surface area contributed by atoms with Crippen molar-refractivity contribution in [2.24, 2.45) is 0 Å². The molecule has 0 aliphatic rings. The van der Waals surface area contributed by atoms with Crippen LogP contribution >= 0.6 is 0 Å². The molecule has 0 aliphatic heterocycles. The van der Waals surface area contributed by atoms with Crippen molar-refractivity contribution < 1.29 is 4.42 Å². The minimum Gasteiger partial charge on any atom is -0.456 e. The zero-order valence-electron chi connectivity index (χ0n) is 11.3. The van der Waals surface area contributed by atoms with Gasteiger partial charge in [-0.2, -0.15) is 15.8 Å². The van der Waals surface area contributed by atoms with Crippen molar-refractivity contribution in [3.63, 3.8) is 0 Å². The van der Waals surface area contributed by atoms with Gasteiger partial charge in [0.2, 0.25) is 0 Å². The molecule has 1 aromatic heterocycles. The topological polar surface area (TPSA) is 96.5 Å². The highest BCUT2D eigenvalue weighted by atomic mass is 16.3. The molecule has 3 rings (SSSR count). The molecule has 0 saturated heterocycles. The molecule has 0 radical (unpaired) electrons. The summed E-state index contributed by atoms with van der Waals surface area (Å²) in [5, 5.41) is 31.5. The number of fused-ring (bicyclic) bond motifs is 3. The van der Waals surface area contributed by atoms with E-state index in [1.165, 1.54) is 0 Å². The summed E-state index contributed by atoms with van der Waals surface area (Å²) in [5.74, 6) is 0. The predicted molar refractivity (Wildman–Crippen MR) is 81.2 cm³/mol. The Kier molecular flexibility index (Phi) is 3.20. The van der Waals surface area contributed by atoms with Crippen LogP contribution in [0.2, 0.25) is 0 Å². The molecule has 0 fully saturated rings. The second-order valence-corrected chi connectivity index (χ2v) is 4.49. The maximum absolute atomic E-state index is 9.16. The van der Waals surface area contributed by atoms with Crippen LogP contribution in [0.15, 0.2) is 58.2 Å². The average molecular weight is 284 g/mol. The number of furan rings is 1. The fraction of sp³-hybridized carbons (Fsp3) is 0. The third kappa shape index (κ3) is 2.02. The van der Waals surface area contributed by atoms with Gasteiger partial charge >= 0.3 is 0 Å². The number of allylic oxidation sites excluding steroid dienone is 2. The summed E-state index contributed by atoms with van der Waals surface area (Å²) in [6, 6.07) is 18.2. The Morgan fingerprint density at radius 3 is 2.32 bits per heavy atom. The number of nitrogens with one attached hydrogen (secondary N) is 1. The van der Waals surface area contributed by atoms with E-state index in [4.69, 9.17) is 20.2 Å².